The lowest BCUT2D eigenvalue weighted by Crippen LogP contribution is -2.32. The van der Waals surface area contributed by atoms with E-state index in [-0.39, 0.29) is 39.9 Å². The summed E-state index contributed by atoms with van der Waals surface area (Å²) < 4.78 is 31.3. The number of phenolic OH excluding ortho intramolecular Hbond substituents is 1. The largest absolute Gasteiger partial charge is 0.508 e. The van der Waals surface area contributed by atoms with Gasteiger partial charge in [0.05, 0.1) is 41.4 Å². The molecular formula is C32H35ClN6O6S. The molecule has 46 heavy (non-hydrogen) atoms. The van der Waals surface area contributed by atoms with E-state index in [0.717, 1.165) is 0 Å². The lowest BCUT2D eigenvalue weighted by atomic mass is 9.99. The standard InChI is InChI=1S/C32H35ClN6O6S/c1-18(2)22-14-20(10-12-26(22)40)31(42)34-17-29(41)36-21-11-13-27(45-5)25(15-21)38-32-35-16-23(33)30(39-32)37-24-8-6-7-9-28(24)46(43,44)19(3)4/h6-16,18-19,40H,17H2,1-5H3,(H,34,42)(H,36,41)(H2,35,37,38,39). The van der Waals surface area contributed by atoms with Crippen molar-refractivity contribution in [3.63, 3.8) is 0 Å². The number of aromatic nitrogens is 2. The van der Waals surface area contributed by atoms with Crippen LogP contribution in [0.1, 0.15) is 49.5 Å². The fourth-order valence-electron chi connectivity index (χ4n) is 4.34. The van der Waals surface area contributed by atoms with Gasteiger partial charge < -0.3 is 31.1 Å². The maximum Gasteiger partial charge on any atom is 0.251 e. The zero-order chi connectivity index (χ0) is 33.6. The minimum absolute atomic E-state index is 0.0142. The Bertz CT molecular complexity index is 1870. The van der Waals surface area contributed by atoms with Gasteiger partial charge in [-0.3, -0.25) is 9.59 Å². The number of aromatic hydroxyl groups is 1. The molecule has 0 aliphatic heterocycles. The van der Waals surface area contributed by atoms with Gasteiger partial charge in [0.2, 0.25) is 11.9 Å². The summed E-state index contributed by atoms with van der Waals surface area (Å²) in [7, 11) is -2.12. The number of ether oxygens (including phenoxy) is 1. The van der Waals surface area contributed by atoms with E-state index in [4.69, 9.17) is 16.3 Å². The van der Waals surface area contributed by atoms with Gasteiger partial charge in [-0.25, -0.2) is 13.4 Å². The molecule has 0 aliphatic rings. The molecule has 3 aromatic carbocycles. The Morgan fingerprint density at radius 1 is 0.978 bits per heavy atom. The van der Waals surface area contributed by atoms with Crippen molar-refractivity contribution in [1.82, 2.24) is 15.3 Å². The number of nitrogens with one attached hydrogen (secondary N) is 4. The number of nitrogens with zero attached hydrogens (tertiary/aromatic N) is 2. The second-order valence-electron chi connectivity index (χ2n) is 10.8. The van der Waals surface area contributed by atoms with Crippen LogP contribution in [0.25, 0.3) is 0 Å². The fraction of sp³-hybridized carbons (Fsp3) is 0.250. The van der Waals surface area contributed by atoms with Crippen molar-refractivity contribution in [2.75, 3.05) is 29.6 Å². The van der Waals surface area contributed by atoms with Crippen LogP contribution in [0.2, 0.25) is 5.02 Å². The van der Waals surface area contributed by atoms with Crippen molar-refractivity contribution >= 4 is 62.1 Å². The summed E-state index contributed by atoms with van der Waals surface area (Å²) in [6.07, 6.45) is 1.36. The molecule has 1 aromatic heterocycles. The number of hydrogen-bond acceptors (Lipinski definition) is 10. The molecule has 0 spiro atoms. The highest BCUT2D eigenvalue weighted by Crippen LogP contribution is 2.33. The maximum absolute atomic E-state index is 12.9. The molecule has 0 saturated heterocycles. The number of carbonyl (C=O) groups is 2. The zero-order valence-corrected chi connectivity index (χ0v) is 27.5. The Morgan fingerprint density at radius 3 is 2.41 bits per heavy atom. The number of para-hydroxylation sites is 1. The summed E-state index contributed by atoms with van der Waals surface area (Å²) in [6, 6.07) is 15.9. The van der Waals surface area contributed by atoms with Crippen LogP contribution in [-0.2, 0) is 14.6 Å². The minimum Gasteiger partial charge on any atom is -0.508 e. The third-order valence-corrected chi connectivity index (χ3v) is 9.35. The number of hydrogen-bond donors (Lipinski definition) is 5. The van der Waals surface area contributed by atoms with E-state index < -0.39 is 26.9 Å². The molecule has 0 radical (unpaired) electrons. The van der Waals surface area contributed by atoms with Crippen LogP contribution < -0.4 is 26.0 Å². The minimum atomic E-state index is -3.60. The summed E-state index contributed by atoms with van der Waals surface area (Å²) in [6.45, 7) is 6.71. The van der Waals surface area contributed by atoms with Gasteiger partial charge in [-0.2, -0.15) is 4.98 Å². The molecule has 5 N–H and O–H groups in total. The lowest BCUT2D eigenvalue weighted by Gasteiger charge is -2.16. The molecule has 2 amide bonds. The fourth-order valence-corrected chi connectivity index (χ4v) is 5.68. The molecule has 0 saturated carbocycles. The van der Waals surface area contributed by atoms with Crippen molar-refractivity contribution in [2.45, 2.75) is 43.8 Å². The molecule has 1 heterocycles. The molecule has 0 atom stereocenters. The average molecular weight is 667 g/mol. The van der Waals surface area contributed by atoms with Crippen LogP contribution in [0.3, 0.4) is 0 Å². The predicted molar refractivity (Wildman–Crippen MR) is 179 cm³/mol. The van der Waals surface area contributed by atoms with E-state index >= 15 is 0 Å². The highest BCUT2D eigenvalue weighted by Gasteiger charge is 2.23. The van der Waals surface area contributed by atoms with Gasteiger partial charge in [0.25, 0.3) is 5.91 Å². The summed E-state index contributed by atoms with van der Waals surface area (Å²) >= 11 is 6.36. The van der Waals surface area contributed by atoms with Gasteiger partial charge in [-0.05, 0) is 73.9 Å². The van der Waals surface area contributed by atoms with Gasteiger partial charge in [0, 0.05) is 11.3 Å². The van der Waals surface area contributed by atoms with E-state index in [2.05, 4.69) is 31.2 Å². The number of benzene rings is 3. The molecule has 12 nitrogen and oxygen atoms in total. The summed E-state index contributed by atoms with van der Waals surface area (Å²) in [5, 5.41) is 20.9. The monoisotopic (exact) mass is 666 g/mol. The number of phenols is 1. The van der Waals surface area contributed by atoms with Crippen LogP contribution in [0, 0.1) is 0 Å². The number of methoxy groups -OCH3 is 1. The van der Waals surface area contributed by atoms with Crippen molar-refractivity contribution in [1.29, 1.82) is 0 Å². The van der Waals surface area contributed by atoms with Crippen molar-refractivity contribution in [2.24, 2.45) is 0 Å². The number of anilines is 5. The second kappa shape index (κ2) is 14.5. The first-order valence-corrected chi connectivity index (χ1v) is 16.2. The van der Waals surface area contributed by atoms with E-state index in [1.54, 1.807) is 56.3 Å². The Kier molecular flexibility index (Phi) is 10.7. The van der Waals surface area contributed by atoms with Gasteiger partial charge in [-0.1, -0.05) is 37.6 Å². The summed E-state index contributed by atoms with van der Waals surface area (Å²) in [5.41, 5.74) is 2.07. The van der Waals surface area contributed by atoms with Gasteiger partial charge >= 0.3 is 0 Å². The average Bonchev–Trinajstić information content (AvgIpc) is 3.02. The van der Waals surface area contributed by atoms with Crippen LogP contribution in [-0.4, -0.2) is 54.2 Å². The number of rotatable bonds is 12. The summed E-state index contributed by atoms with van der Waals surface area (Å²) in [5.74, 6) is -0.119. The van der Waals surface area contributed by atoms with E-state index in [0.29, 0.717) is 33.9 Å². The van der Waals surface area contributed by atoms with Crippen LogP contribution >= 0.6 is 11.6 Å². The van der Waals surface area contributed by atoms with Crippen LogP contribution in [0.4, 0.5) is 28.8 Å². The Morgan fingerprint density at radius 2 is 1.72 bits per heavy atom. The van der Waals surface area contributed by atoms with Gasteiger partial charge in [0.1, 0.15) is 16.5 Å². The molecule has 0 aliphatic carbocycles. The Hall–Kier alpha value is -4.88. The number of sulfone groups is 1. The zero-order valence-electron chi connectivity index (χ0n) is 25.9. The normalized spacial score (nSPS) is 11.3. The van der Waals surface area contributed by atoms with E-state index in [1.165, 1.54) is 31.5 Å². The summed E-state index contributed by atoms with van der Waals surface area (Å²) in [4.78, 5) is 34.1. The molecule has 0 fully saturated rings. The topological polar surface area (TPSA) is 172 Å². The molecule has 0 bridgehead atoms. The molecule has 4 rings (SSSR count). The molecule has 0 unspecified atom stereocenters. The highest BCUT2D eigenvalue weighted by molar-refractivity contribution is 7.92. The highest BCUT2D eigenvalue weighted by atomic mass is 35.5. The van der Waals surface area contributed by atoms with E-state index in [1.807, 2.05) is 13.8 Å². The SMILES string of the molecule is COc1ccc(NC(=O)CNC(=O)c2ccc(O)c(C(C)C)c2)cc1Nc1ncc(Cl)c(Nc2ccccc2S(=O)(=O)C(C)C)n1. The van der Waals surface area contributed by atoms with Crippen LogP contribution in [0.15, 0.2) is 71.8 Å². The molecular weight excluding hydrogens is 632 g/mol. The number of carbonyl (C=O) groups excluding carboxylic acids is 2. The van der Waals surface area contributed by atoms with Crippen molar-refractivity contribution in [3.8, 4) is 11.5 Å². The number of halogens is 1. The second-order valence-corrected chi connectivity index (χ2v) is 13.7. The first-order valence-electron chi connectivity index (χ1n) is 14.3. The molecule has 14 heteroatoms. The quantitative estimate of drug-likeness (QED) is 0.121. The predicted octanol–water partition coefficient (Wildman–Crippen LogP) is 6.01. The molecule has 4 aromatic rings. The van der Waals surface area contributed by atoms with Crippen molar-refractivity contribution in [3.05, 3.63) is 83.0 Å². The lowest BCUT2D eigenvalue weighted by molar-refractivity contribution is -0.115. The third kappa shape index (κ3) is 8.03. The maximum atomic E-state index is 12.9. The smallest absolute Gasteiger partial charge is 0.251 e. The van der Waals surface area contributed by atoms with Gasteiger partial charge in [0.15, 0.2) is 15.7 Å². The van der Waals surface area contributed by atoms with Crippen molar-refractivity contribution < 1.29 is 27.9 Å². The Balaban J connectivity index is 1.48. The number of amides is 2. The van der Waals surface area contributed by atoms with Crippen LogP contribution in [0.5, 0.6) is 11.5 Å². The Labute approximate surface area is 272 Å². The van der Waals surface area contributed by atoms with Gasteiger partial charge in [-0.15, -0.1) is 0 Å². The van der Waals surface area contributed by atoms with E-state index in [9.17, 15) is 23.1 Å². The third-order valence-electron chi connectivity index (χ3n) is 6.86. The first-order chi connectivity index (χ1) is 21.8. The molecule has 242 valence electrons. The first kappa shape index (κ1) is 34.0.